The molecule has 5 rings (SSSR count). The van der Waals surface area contributed by atoms with Gasteiger partial charge in [0.1, 0.15) is 5.69 Å². The van der Waals surface area contributed by atoms with E-state index in [0.717, 1.165) is 48.5 Å². The normalized spacial score (nSPS) is 12.1. The molecule has 5 aromatic rings. The lowest BCUT2D eigenvalue weighted by Crippen LogP contribution is -2.35. The van der Waals surface area contributed by atoms with Crippen molar-refractivity contribution in [2.24, 2.45) is 7.05 Å². The molecule has 0 aliphatic heterocycles. The summed E-state index contributed by atoms with van der Waals surface area (Å²) in [7, 11) is 1.83. The van der Waals surface area contributed by atoms with Crippen LogP contribution in [0.3, 0.4) is 0 Å². The molecule has 0 unspecified atom stereocenters. The Kier molecular flexibility index (Phi) is 5.40. The monoisotopic (exact) mass is 493 g/mol. The third-order valence-corrected chi connectivity index (χ3v) is 7.65. The second-order valence-electron chi connectivity index (χ2n) is 9.00. The van der Waals surface area contributed by atoms with Crippen LogP contribution in [0.5, 0.6) is 0 Å². The van der Waals surface area contributed by atoms with Crippen molar-refractivity contribution in [2.75, 3.05) is 0 Å². The van der Waals surface area contributed by atoms with Gasteiger partial charge in [0.2, 0.25) is 5.65 Å². The Bertz CT molecular complexity index is 1630. The maximum atomic E-state index is 13.7. The van der Waals surface area contributed by atoms with E-state index in [1.54, 1.807) is 11.3 Å². The molecule has 3 aromatic heterocycles. The fourth-order valence-electron chi connectivity index (χ4n) is 4.88. The minimum atomic E-state index is -4.61. The highest BCUT2D eigenvalue weighted by Gasteiger charge is 2.39. The molecule has 8 heteroatoms. The number of halogens is 3. The van der Waals surface area contributed by atoms with Crippen LogP contribution in [0.1, 0.15) is 33.6 Å². The predicted molar refractivity (Wildman–Crippen MR) is 133 cm³/mol. The Morgan fingerprint density at radius 2 is 1.54 bits per heavy atom. The van der Waals surface area contributed by atoms with Gasteiger partial charge >= 0.3 is 11.8 Å². The number of thiophene rings is 1. The highest BCUT2D eigenvalue weighted by atomic mass is 32.1. The molecule has 0 spiro atoms. The van der Waals surface area contributed by atoms with Crippen LogP contribution in [0.2, 0.25) is 0 Å². The van der Waals surface area contributed by atoms with Gasteiger partial charge in [-0.2, -0.15) is 13.2 Å². The quantitative estimate of drug-likeness (QED) is 0.250. The van der Waals surface area contributed by atoms with Gasteiger partial charge in [0.15, 0.2) is 17.1 Å². The van der Waals surface area contributed by atoms with E-state index in [9.17, 15) is 13.2 Å². The Hall–Kier alpha value is -3.39. The number of aromatic nitrogens is 4. The minimum Gasteiger partial charge on any atom is -0.220 e. The van der Waals surface area contributed by atoms with Gasteiger partial charge in [-0.15, -0.1) is 11.3 Å². The van der Waals surface area contributed by atoms with E-state index < -0.39 is 11.9 Å². The molecular weight excluding hydrogens is 469 g/mol. The maximum Gasteiger partial charge on any atom is 0.437 e. The summed E-state index contributed by atoms with van der Waals surface area (Å²) in [6.45, 7) is 9.44. The molecule has 0 aliphatic carbocycles. The number of benzene rings is 2. The number of hydrogen-bond donors (Lipinski definition) is 0. The van der Waals surface area contributed by atoms with Crippen LogP contribution in [0.4, 0.5) is 13.2 Å². The third-order valence-electron chi connectivity index (χ3n) is 6.37. The van der Waals surface area contributed by atoms with Crippen LogP contribution in [0.25, 0.3) is 43.2 Å². The van der Waals surface area contributed by atoms with E-state index in [2.05, 4.69) is 41.2 Å². The Morgan fingerprint density at radius 3 is 2.17 bits per heavy atom. The van der Waals surface area contributed by atoms with Gasteiger partial charge < -0.3 is 0 Å². The molecular formula is C27H24F3N4S+. The van der Waals surface area contributed by atoms with Crippen molar-refractivity contribution in [1.82, 2.24) is 15.0 Å². The second kappa shape index (κ2) is 8.09. The second-order valence-corrected chi connectivity index (χ2v) is 10.0. The average Bonchev–Trinajstić information content (AvgIpc) is 3.09. The van der Waals surface area contributed by atoms with E-state index in [1.165, 1.54) is 6.92 Å². The van der Waals surface area contributed by atoms with E-state index in [0.29, 0.717) is 11.3 Å². The average molecular weight is 494 g/mol. The van der Waals surface area contributed by atoms with Crippen LogP contribution < -0.4 is 4.57 Å². The molecule has 0 amide bonds. The van der Waals surface area contributed by atoms with E-state index in [4.69, 9.17) is 4.98 Å². The zero-order valence-corrected chi connectivity index (χ0v) is 21.1. The molecule has 0 saturated carbocycles. The fourth-order valence-corrected chi connectivity index (χ4v) is 6.17. The summed E-state index contributed by atoms with van der Waals surface area (Å²) >= 11 is 1.65. The number of rotatable bonds is 2. The Balaban J connectivity index is 1.96. The summed E-state index contributed by atoms with van der Waals surface area (Å²) in [5.41, 5.74) is 5.66. The zero-order valence-electron chi connectivity index (χ0n) is 20.3. The number of fused-ring (bicyclic) bond motifs is 2. The smallest absolute Gasteiger partial charge is 0.220 e. The van der Waals surface area contributed by atoms with Gasteiger partial charge in [-0.3, -0.25) is 0 Å². The molecule has 0 aliphatic rings. The first-order chi connectivity index (χ1) is 16.5. The van der Waals surface area contributed by atoms with E-state index in [1.807, 2.05) is 44.5 Å². The van der Waals surface area contributed by atoms with Gasteiger partial charge in [-0.1, -0.05) is 35.9 Å². The Labute approximate surface area is 205 Å². The molecule has 0 bridgehead atoms. The summed E-state index contributed by atoms with van der Waals surface area (Å²) in [5, 5.41) is 1.14. The van der Waals surface area contributed by atoms with Crippen molar-refractivity contribution >= 4 is 32.7 Å². The number of alkyl halides is 3. The lowest BCUT2D eigenvalue weighted by molar-refractivity contribution is -0.635. The van der Waals surface area contributed by atoms with Crippen molar-refractivity contribution < 1.29 is 17.7 Å². The van der Waals surface area contributed by atoms with Crippen molar-refractivity contribution in [2.45, 2.75) is 40.8 Å². The highest BCUT2D eigenvalue weighted by molar-refractivity contribution is 7.22. The Morgan fingerprint density at radius 1 is 0.886 bits per heavy atom. The van der Waals surface area contributed by atoms with Gasteiger partial charge in [0, 0.05) is 17.2 Å². The molecule has 35 heavy (non-hydrogen) atoms. The van der Waals surface area contributed by atoms with Crippen LogP contribution >= 0.6 is 11.3 Å². The zero-order chi connectivity index (χ0) is 25.2. The van der Waals surface area contributed by atoms with Crippen molar-refractivity contribution in [3.63, 3.8) is 0 Å². The number of aryl methyl sites for hydroxylation is 6. The predicted octanol–water partition coefficient (Wildman–Crippen LogP) is 6.96. The fraction of sp³-hybridized carbons (Fsp3) is 0.259. The molecule has 0 N–H and O–H groups in total. The van der Waals surface area contributed by atoms with Crippen LogP contribution in [0, 0.1) is 34.6 Å². The van der Waals surface area contributed by atoms with E-state index in [-0.39, 0.29) is 11.3 Å². The minimum absolute atomic E-state index is 0.0256. The van der Waals surface area contributed by atoms with Crippen LogP contribution in [-0.2, 0) is 13.2 Å². The lowest BCUT2D eigenvalue weighted by atomic mass is 9.95. The molecule has 178 valence electrons. The highest BCUT2D eigenvalue weighted by Crippen LogP contribution is 2.42. The van der Waals surface area contributed by atoms with Gasteiger partial charge in [-0.25, -0.2) is 14.5 Å². The largest absolute Gasteiger partial charge is 0.437 e. The molecule has 2 aromatic carbocycles. The summed E-state index contributed by atoms with van der Waals surface area (Å²) in [4.78, 5) is 14.1. The summed E-state index contributed by atoms with van der Waals surface area (Å²) in [6, 6.07) is 12.3. The summed E-state index contributed by atoms with van der Waals surface area (Å²) in [5.74, 6) is 0. The molecule has 3 heterocycles. The SMILES string of the molecule is Cc1cc(C)c(-c2nc3nc(C(F)(F)F)c(C)nc3[n+](C)c2-c2sc3ccccc3c2C)c(C)c1. The molecule has 0 fully saturated rings. The summed E-state index contributed by atoms with van der Waals surface area (Å²) < 4.78 is 43.9. The van der Waals surface area contributed by atoms with Crippen LogP contribution in [0.15, 0.2) is 36.4 Å². The van der Waals surface area contributed by atoms with Gasteiger partial charge in [-0.05, 0) is 60.8 Å². The van der Waals surface area contributed by atoms with Crippen molar-refractivity contribution in [3.05, 3.63) is 70.0 Å². The topological polar surface area (TPSA) is 42.6 Å². The standard InChI is InChI=1S/C27H24F3N4S/c1-13-11-14(2)20(15(3)12-13)21-22(23-16(4)18-9-7-8-10-19(18)35-23)34(6)26-25(32-21)33-24(17(5)31-26)27(28,29)30/h7-12H,1-6H3/q+1. The molecule has 0 atom stereocenters. The van der Waals surface area contributed by atoms with Gasteiger partial charge in [0.25, 0.3) is 0 Å². The van der Waals surface area contributed by atoms with E-state index >= 15 is 0 Å². The first-order valence-electron chi connectivity index (χ1n) is 11.2. The van der Waals surface area contributed by atoms with Gasteiger partial charge in [0.05, 0.1) is 11.9 Å². The first kappa shape index (κ1) is 23.4. The molecule has 0 radical (unpaired) electrons. The number of hydrogen-bond acceptors (Lipinski definition) is 4. The molecule has 4 nitrogen and oxygen atoms in total. The lowest BCUT2D eigenvalue weighted by Gasteiger charge is -2.16. The van der Waals surface area contributed by atoms with Crippen molar-refractivity contribution in [3.8, 4) is 21.8 Å². The summed E-state index contributed by atoms with van der Waals surface area (Å²) in [6.07, 6.45) is -4.61. The van der Waals surface area contributed by atoms with Crippen LogP contribution in [-0.4, -0.2) is 15.0 Å². The maximum absolute atomic E-state index is 13.7. The van der Waals surface area contributed by atoms with Crippen molar-refractivity contribution in [1.29, 1.82) is 0 Å². The third kappa shape index (κ3) is 3.76. The first-order valence-corrected chi connectivity index (χ1v) is 12.0. The molecule has 0 saturated heterocycles. The number of nitrogens with zero attached hydrogens (tertiary/aromatic N) is 4.